The summed E-state index contributed by atoms with van der Waals surface area (Å²) in [4.78, 5) is 13.3. The predicted octanol–water partition coefficient (Wildman–Crippen LogP) is 2.04. The number of thiocarbonyl (C=S) groups is 1. The van der Waals surface area contributed by atoms with Crippen molar-refractivity contribution in [2.24, 2.45) is 0 Å². The van der Waals surface area contributed by atoms with Crippen LogP contribution >= 0.6 is 12.2 Å². The summed E-state index contributed by atoms with van der Waals surface area (Å²) in [6, 6.07) is 5.53. The summed E-state index contributed by atoms with van der Waals surface area (Å²) >= 11 is 5.08. The van der Waals surface area contributed by atoms with E-state index < -0.39 is 0 Å². The van der Waals surface area contributed by atoms with Gasteiger partial charge in [0.15, 0.2) is 5.78 Å². The van der Waals surface area contributed by atoms with Crippen molar-refractivity contribution in [1.29, 1.82) is 0 Å². The van der Waals surface area contributed by atoms with Crippen LogP contribution in [0, 0.1) is 0 Å². The highest BCUT2D eigenvalue weighted by atomic mass is 32.1. The van der Waals surface area contributed by atoms with Gasteiger partial charge < -0.3 is 9.64 Å². The summed E-state index contributed by atoms with van der Waals surface area (Å²) < 4.78 is 5.57. The Hall–Kier alpha value is -1.42. The van der Waals surface area contributed by atoms with Gasteiger partial charge in [-0.05, 0) is 24.7 Å². The van der Waals surface area contributed by atoms with Crippen molar-refractivity contribution in [1.82, 2.24) is 4.90 Å². The van der Waals surface area contributed by atoms with E-state index in [0.29, 0.717) is 17.3 Å². The van der Waals surface area contributed by atoms with Crippen molar-refractivity contribution in [3.05, 3.63) is 29.3 Å². The number of hydrogen-bond acceptors (Lipinski definition) is 3. The zero-order valence-electron chi connectivity index (χ0n) is 9.32. The van der Waals surface area contributed by atoms with Crippen LogP contribution < -0.4 is 4.74 Å². The number of ketones is 1. The molecule has 0 heterocycles. The second kappa shape index (κ2) is 4.22. The zero-order valence-corrected chi connectivity index (χ0v) is 10.1. The van der Waals surface area contributed by atoms with Crippen LogP contribution in [0.15, 0.2) is 18.2 Å². The fraction of sp³-hybridized carbons (Fsp3) is 0.333. The van der Waals surface area contributed by atoms with Gasteiger partial charge in [-0.15, -0.1) is 0 Å². The minimum atomic E-state index is 0.191. The predicted molar refractivity (Wildman–Crippen MR) is 66.0 cm³/mol. The Kier molecular flexibility index (Phi) is 2.92. The molecule has 4 heteroatoms. The van der Waals surface area contributed by atoms with E-state index in [1.807, 2.05) is 32.3 Å². The van der Waals surface area contributed by atoms with Crippen LogP contribution in [-0.4, -0.2) is 30.0 Å². The number of nitrogens with zero attached hydrogens (tertiary/aromatic N) is 1. The first-order valence-corrected chi connectivity index (χ1v) is 5.54. The lowest BCUT2D eigenvalue weighted by atomic mass is 10.1. The van der Waals surface area contributed by atoms with Gasteiger partial charge in [0.05, 0.1) is 0 Å². The maximum atomic E-state index is 11.5. The third-order valence-electron chi connectivity index (χ3n) is 2.60. The Bertz CT molecular complexity index is 454. The summed E-state index contributed by atoms with van der Waals surface area (Å²) in [5.41, 5.74) is 1.76. The number of benzene rings is 1. The van der Waals surface area contributed by atoms with Crippen LogP contribution in [0.2, 0.25) is 0 Å². The third kappa shape index (κ3) is 1.93. The van der Waals surface area contributed by atoms with E-state index in [1.54, 1.807) is 4.90 Å². The van der Waals surface area contributed by atoms with Crippen molar-refractivity contribution in [2.75, 3.05) is 14.1 Å². The van der Waals surface area contributed by atoms with E-state index >= 15 is 0 Å². The largest absolute Gasteiger partial charge is 0.431 e. The second-order valence-corrected chi connectivity index (χ2v) is 4.32. The number of hydrogen-bond donors (Lipinski definition) is 0. The van der Waals surface area contributed by atoms with Gasteiger partial charge in [-0.2, -0.15) is 0 Å². The first kappa shape index (κ1) is 11.1. The van der Waals surface area contributed by atoms with Gasteiger partial charge >= 0.3 is 0 Å². The van der Waals surface area contributed by atoms with Gasteiger partial charge in [0.2, 0.25) is 0 Å². The molecule has 1 aromatic rings. The molecule has 0 aliphatic heterocycles. The molecule has 1 aliphatic carbocycles. The van der Waals surface area contributed by atoms with E-state index in [-0.39, 0.29) is 5.78 Å². The van der Waals surface area contributed by atoms with E-state index in [1.165, 1.54) is 0 Å². The molecule has 0 atom stereocenters. The molecule has 16 heavy (non-hydrogen) atoms. The molecular formula is C12H13NO2S. The highest BCUT2D eigenvalue weighted by Crippen LogP contribution is 2.30. The van der Waals surface area contributed by atoms with Crippen molar-refractivity contribution in [3.8, 4) is 5.75 Å². The third-order valence-corrected chi connectivity index (χ3v) is 3.05. The molecule has 1 aliphatic rings. The number of carbonyl (C=O) groups excluding carboxylic acids is 1. The van der Waals surface area contributed by atoms with Crippen molar-refractivity contribution < 1.29 is 9.53 Å². The highest BCUT2D eigenvalue weighted by Gasteiger charge is 2.23. The lowest BCUT2D eigenvalue weighted by Crippen LogP contribution is -2.25. The maximum Gasteiger partial charge on any atom is 0.264 e. The number of carbonyl (C=O) groups is 1. The molecule has 1 aromatic carbocycles. The Balaban J connectivity index is 2.30. The van der Waals surface area contributed by atoms with Crippen molar-refractivity contribution in [2.45, 2.75) is 12.8 Å². The standard InChI is InChI=1S/C12H13NO2S/c1-13(2)12(16)15-11-5-3-4-8-9(11)6-7-10(8)14/h3-5H,6-7H2,1-2H3. The molecular weight excluding hydrogens is 222 g/mol. The summed E-state index contributed by atoms with van der Waals surface area (Å²) in [6.45, 7) is 0. The average Bonchev–Trinajstić information content (AvgIpc) is 2.62. The van der Waals surface area contributed by atoms with Crippen LogP contribution in [0.1, 0.15) is 22.3 Å². The molecule has 2 rings (SSSR count). The quantitative estimate of drug-likeness (QED) is 0.697. The van der Waals surface area contributed by atoms with Crippen molar-refractivity contribution in [3.63, 3.8) is 0 Å². The Morgan fingerprint density at radius 1 is 1.38 bits per heavy atom. The van der Waals surface area contributed by atoms with Gasteiger partial charge in [0, 0.05) is 31.6 Å². The average molecular weight is 235 g/mol. The van der Waals surface area contributed by atoms with E-state index in [9.17, 15) is 4.79 Å². The molecule has 0 unspecified atom stereocenters. The fourth-order valence-electron chi connectivity index (χ4n) is 1.74. The molecule has 3 nitrogen and oxygen atoms in total. The molecule has 0 amide bonds. The van der Waals surface area contributed by atoms with Crippen LogP contribution in [0.25, 0.3) is 0 Å². The van der Waals surface area contributed by atoms with E-state index in [4.69, 9.17) is 17.0 Å². The SMILES string of the molecule is CN(C)C(=S)Oc1cccc2c1CCC2=O. The molecule has 0 saturated heterocycles. The topological polar surface area (TPSA) is 29.5 Å². The minimum absolute atomic E-state index is 0.191. The van der Waals surface area contributed by atoms with Gasteiger partial charge in [-0.25, -0.2) is 0 Å². The second-order valence-electron chi connectivity index (χ2n) is 3.97. The normalized spacial score (nSPS) is 13.5. The summed E-state index contributed by atoms with van der Waals surface area (Å²) in [5.74, 6) is 0.901. The Morgan fingerprint density at radius 3 is 2.81 bits per heavy atom. The summed E-state index contributed by atoms with van der Waals surface area (Å²) in [6.07, 6.45) is 1.32. The fourth-order valence-corrected chi connectivity index (χ4v) is 1.83. The van der Waals surface area contributed by atoms with E-state index in [0.717, 1.165) is 17.5 Å². The molecule has 0 fully saturated rings. The highest BCUT2D eigenvalue weighted by molar-refractivity contribution is 7.80. The molecule has 0 spiro atoms. The van der Waals surface area contributed by atoms with Crippen LogP contribution in [0.5, 0.6) is 5.75 Å². The summed E-state index contributed by atoms with van der Waals surface area (Å²) in [7, 11) is 3.66. The van der Waals surface area contributed by atoms with Crippen LogP contribution in [0.3, 0.4) is 0 Å². The zero-order chi connectivity index (χ0) is 11.7. The summed E-state index contributed by atoms with van der Waals surface area (Å²) in [5, 5.41) is 0.410. The van der Waals surface area contributed by atoms with Crippen LogP contribution in [0.4, 0.5) is 0 Å². The first-order chi connectivity index (χ1) is 7.59. The van der Waals surface area contributed by atoms with Gasteiger partial charge in [-0.1, -0.05) is 12.1 Å². The van der Waals surface area contributed by atoms with Crippen LogP contribution in [-0.2, 0) is 6.42 Å². The number of rotatable bonds is 1. The smallest absolute Gasteiger partial charge is 0.264 e. The monoisotopic (exact) mass is 235 g/mol. The first-order valence-electron chi connectivity index (χ1n) is 5.14. The number of Topliss-reactive ketones (excluding diaryl/α,β-unsaturated/α-hetero) is 1. The molecule has 84 valence electrons. The molecule has 0 aromatic heterocycles. The number of fused-ring (bicyclic) bond motifs is 1. The van der Waals surface area contributed by atoms with Gasteiger partial charge in [-0.3, -0.25) is 4.79 Å². The molecule has 0 radical (unpaired) electrons. The number of ether oxygens (including phenoxy) is 1. The Morgan fingerprint density at radius 2 is 2.12 bits per heavy atom. The lowest BCUT2D eigenvalue weighted by Gasteiger charge is -2.15. The van der Waals surface area contributed by atoms with E-state index in [2.05, 4.69) is 0 Å². The van der Waals surface area contributed by atoms with Gasteiger partial charge in [0.25, 0.3) is 5.17 Å². The lowest BCUT2D eigenvalue weighted by molar-refractivity contribution is 0.0994. The maximum absolute atomic E-state index is 11.5. The molecule has 0 bridgehead atoms. The molecule has 0 saturated carbocycles. The Labute approximate surface area is 100 Å². The minimum Gasteiger partial charge on any atom is -0.431 e. The van der Waals surface area contributed by atoms with Crippen molar-refractivity contribution >= 4 is 23.2 Å². The molecule has 0 N–H and O–H groups in total. The van der Waals surface area contributed by atoms with Gasteiger partial charge in [0.1, 0.15) is 5.75 Å².